The minimum atomic E-state index is 0.0166. The number of hydrogen-bond donors (Lipinski definition) is 1. The van der Waals surface area contributed by atoms with Gasteiger partial charge in [-0.3, -0.25) is 9.89 Å². The van der Waals surface area contributed by atoms with E-state index < -0.39 is 0 Å². The lowest BCUT2D eigenvalue weighted by molar-refractivity contribution is -0.136. The Morgan fingerprint density at radius 1 is 1.30 bits per heavy atom. The van der Waals surface area contributed by atoms with Gasteiger partial charge < -0.3 is 9.80 Å². The molecule has 1 aromatic heterocycles. The van der Waals surface area contributed by atoms with E-state index in [0.29, 0.717) is 6.54 Å². The van der Waals surface area contributed by atoms with Crippen molar-refractivity contribution >= 4 is 5.91 Å². The van der Waals surface area contributed by atoms with Crippen molar-refractivity contribution in [1.29, 1.82) is 0 Å². The molecule has 2 aromatic rings. The summed E-state index contributed by atoms with van der Waals surface area (Å²) in [6.45, 7) is 9.57. The van der Waals surface area contributed by atoms with Crippen LogP contribution in [0.4, 0.5) is 0 Å². The van der Waals surface area contributed by atoms with Crippen molar-refractivity contribution in [2.24, 2.45) is 5.92 Å². The molecule has 2 heterocycles. The van der Waals surface area contributed by atoms with E-state index in [0.717, 1.165) is 38.2 Å². The lowest BCUT2D eigenvalue weighted by Gasteiger charge is -2.31. The standard InChI is InChI=1S/C22H32N4O/c1-5-18(17-10-8-7-9-11-17)21-19-15-26(13-12-20(19)23-24-21)22(27)16(3)14-25(4)6-2/h7-11,16,18H,5-6,12-15H2,1-4H3,(H,23,24)/t16-,18+/m1/s1. The maximum absolute atomic E-state index is 13.0. The summed E-state index contributed by atoms with van der Waals surface area (Å²) in [7, 11) is 2.07. The fourth-order valence-corrected chi connectivity index (χ4v) is 4.05. The van der Waals surface area contributed by atoms with Crippen molar-refractivity contribution in [1.82, 2.24) is 20.0 Å². The van der Waals surface area contributed by atoms with Gasteiger partial charge in [0.05, 0.1) is 5.69 Å². The second kappa shape index (κ2) is 8.70. The molecular formula is C22H32N4O. The molecule has 5 nitrogen and oxygen atoms in total. The van der Waals surface area contributed by atoms with Gasteiger partial charge in [-0.15, -0.1) is 0 Å². The Hall–Kier alpha value is -2.14. The third kappa shape index (κ3) is 4.24. The third-order valence-corrected chi connectivity index (χ3v) is 5.76. The number of aromatic nitrogens is 2. The molecule has 1 aliphatic heterocycles. The number of carbonyl (C=O) groups is 1. The third-order valence-electron chi connectivity index (χ3n) is 5.76. The summed E-state index contributed by atoms with van der Waals surface area (Å²) in [6.07, 6.45) is 1.85. The molecule has 0 unspecified atom stereocenters. The van der Waals surface area contributed by atoms with E-state index in [1.165, 1.54) is 16.8 Å². The van der Waals surface area contributed by atoms with Gasteiger partial charge in [0.1, 0.15) is 0 Å². The molecule has 3 rings (SSSR count). The largest absolute Gasteiger partial charge is 0.338 e. The molecule has 0 spiro atoms. The van der Waals surface area contributed by atoms with E-state index in [9.17, 15) is 4.79 Å². The van der Waals surface area contributed by atoms with E-state index >= 15 is 0 Å². The van der Waals surface area contributed by atoms with Crippen LogP contribution >= 0.6 is 0 Å². The molecule has 1 N–H and O–H groups in total. The maximum Gasteiger partial charge on any atom is 0.227 e. The van der Waals surface area contributed by atoms with E-state index in [1.807, 2.05) is 17.9 Å². The van der Waals surface area contributed by atoms with Gasteiger partial charge in [0.2, 0.25) is 5.91 Å². The van der Waals surface area contributed by atoms with Gasteiger partial charge in [0, 0.05) is 49.1 Å². The SMILES string of the molecule is CC[C@@H](c1ccccc1)c1n[nH]c2c1CN(C(=O)[C@H](C)CN(C)CC)CC2. The molecule has 27 heavy (non-hydrogen) atoms. The summed E-state index contributed by atoms with van der Waals surface area (Å²) in [5.41, 5.74) is 4.81. The Balaban J connectivity index is 1.79. The number of amides is 1. The quantitative estimate of drug-likeness (QED) is 0.815. The Kier molecular flexibility index (Phi) is 6.32. The van der Waals surface area contributed by atoms with Crippen molar-refractivity contribution < 1.29 is 4.79 Å². The van der Waals surface area contributed by atoms with Crippen LogP contribution in [0.25, 0.3) is 0 Å². The van der Waals surface area contributed by atoms with E-state index in [4.69, 9.17) is 0 Å². The first-order valence-electron chi connectivity index (χ1n) is 10.1. The van der Waals surface area contributed by atoms with Crippen molar-refractivity contribution in [3.63, 3.8) is 0 Å². The lowest BCUT2D eigenvalue weighted by Crippen LogP contribution is -2.42. The fraction of sp³-hybridized carbons (Fsp3) is 0.545. The van der Waals surface area contributed by atoms with Crippen molar-refractivity contribution in [2.75, 3.05) is 26.7 Å². The summed E-state index contributed by atoms with van der Waals surface area (Å²) < 4.78 is 0. The minimum absolute atomic E-state index is 0.0166. The van der Waals surface area contributed by atoms with Crippen molar-refractivity contribution in [2.45, 2.75) is 46.1 Å². The van der Waals surface area contributed by atoms with Crippen LogP contribution in [0.5, 0.6) is 0 Å². The molecule has 146 valence electrons. The van der Waals surface area contributed by atoms with Crippen LogP contribution in [0.2, 0.25) is 0 Å². The van der Waals surface area contributed by atoms with Gasteiger partial charge in [-0.2, -0.15) is 5.10 Å². The summed E-state index contributed by atoms with van der Waals surface area (Å²) in [4.78, 5) is 17.2. The highest BCUT2D eigenvalue weighted by Gasteiger charge is 2.30. The zero-order valence-electron chi connectivity index (χ0n) is 17.0. The molecule has 0 saturated carbocycles. The molecule has 5 heteroatoms. The second-order valence-electron chi connectivity index (χ2n) is 7.70. The van der Waals surface area contributed by atoms with Gasteiger partial charge in [0.25, 0.3) is 0 Å². The first-order valence-corrected chi connectivity index (χ1v) is 10.1. The predicted molar refractivity (Wildman–Crippen MR) is 109 cm³/mol. The molecule has 2 atom stereocenters. The van der Waals surface area contributed by atoms with Gasteiger partial charge >= 0.3 is 0 Å². The van der Waals surface area contributed by atoms with E-state index in [1.54, 1.807) is 0 Å². The van der Waals surface area contributed by atoms with Crippen LogP contribution in [0.15, 0.2) is 30.3 Å². The molecule has 0 radical (unpaired) electrons. The smallest absolute Gasteiger partial charge is 0.227 e. The number of carbonyl (C=O) groups excluding carboxylic acids is 1. The molecular weight excluding hydrogens is 336 g/mol. The van der Waals surface area contributed by atoms with Gasteiger partial charge in [-0.05, 0) is 25.6 Å². The highest BCUT2D eigenvalue weighted by Crippen LogP contribution is 2.32. The molecule has 0 bridgehead atoms. The normalized spacial score (nSPS) is 16.3. The first kappa shape index (κ1) is 19.6. The summed E-state index contributed by atoms with van der Waals surface area (Å²) in [6, 6.07) is 10.6. The number of nitrogens with zero attached hydrogens (tertiary/aromatic N) is 3. The number of nitrogens with one attached hydrogen (secondary N) is 1. The summed E-state index contributed by atoms with van der Waals surface area (Å²) in [5, 5.41) is 7.92. The molecule has 0 aliphatic carbocycles. The fourth-order valence-electron chi connectivity index (χ4n) is 4.05. The summed E-state index contributed by atoms with van der Waals surface area (Å²) in [5.74, 6) is 0.536. The number of hydrogen-bond acceptors (Lipinski definition) is 3. The Labute approximate surface area is 162 Å². The number of benzene rings is 1. The number of H-pyrrole nitrogens is 1. The predicted octanol–water partition coefficient (Wildman–Crippen LogP) is 3.42. The highest BCUT2D eigenvalue weighted by molar-refractivity contribution is 5.79. The van der Waals surface area contributed by atoms with Crippen LogP contribution in [0, 0.1) is 5.92 Å². The number of aromatic amines is 1. The Morgan fingerprint density at radius 3 is 2.70 bits per heavy atom. The second-order valence-corrected chi connectivity index (χ2v) is 7.70. The molecule has 1 aromatic carbocycles. The molecule has 0 saturated heterocycles. The highest BCUT2D eigenvalue weighted by atomic mass is 16.2. The average Bonchev–Trinajstić information content (AvgIpc) is 3.11. The monoisotopic (exact) mass is 368 g/mol. The first-order chi connectivity index (χ1) is 13.0. The van der Waals surface area contributed by atoms with Gasteiger partial charge in [0.15, 0.2) is 0 Å². The zero-order valence-corrected chi connectivity index (χ0v) is 17.0. The molecule has 0 fully saturated rings. The average molecular weight is 369 g/mol. The number of fused-ring (bicyclic) bond motifs is 1. The van der Waals surface area contributed by atoms with Crippen molar-refractivity contribution in [3.05, 3.63) is 52.8 Å². The topological polar surface area (TPSA) is 52.2 Å². The van der Waals surface area contributed by atoms with E-state index in [-0.39, 0.29) is 17.7 Å². The molecule has 1 aliphatic rings. The zero-order chi connectivity index (χ0) is 19.4. The van der Waals surface area contributed by atoms with Crippen LogP contribution in [0.1, 0.15) is 55.6 Å². The van der Waals surface area contributed by atoms with Crippen molar-refractivity contribution in [3.8, 4) is 0 Å². The Morgan fingerprint density at radius 2 is 2.04 bits per heavy atom. The summed E-state index contributed by atoms with van der Waals surface area (Å²) >= 11 is 0. The maximum atomic E-state index is 13.0. The van der Waals surface area contributed by atoms with Crippen LogP contribution in [-0.4, -0.2) is 52.6 Å². The van der Waals surface area contributed by atoms with Crippen LogP contribution in [0.3, 0.4) is 0 Å². The lowest BCUT2D eigenvalue weighted by atomic mass is 9.89. The Bertz CT molecular complexity index is 755. The van der Waals surface area contributed by atoms with Gasteiger partial charge in [-0.1, -0.05) is 51.1 Å². The number of rotatable bonds is 7. The van der Waals surface area contributed by atoms with E-state index in [2.05, 4.69) is 60.3 Å². The van der Waals surface area contributed by atoms with Crippen LogP contribution < -0.4 is 0 Å². The minimum Gasteiger partial charge on any atom is -0.338 e. The molecule has 1 amide bonds. The van der Waals surface area contributed by atoms with Crippen LogP contribution in [-0.2, 0) is 17.8 Å². The van der Waals surface area contributed by atoms with Gasteiger partial charge in [-0.25, -0.2) is 0 Å².